The van der Waals surface area contributed by atoms with Gasteiger partial charge in [0.1, 0.15) is 0 Å². The van der Waals surface area contributed by atoms with E-state index in [1.807, 2.05) is 0 Å². The van der Waals surface area contributed by atoms with Crippen LogP contribution in [0.25, 0.3) is 11.3 Å². The van der Waals surface area contributed by atoms with Crippen LogP contribution < -0.4 is 0 Å². The van der Waals surface area contributed by atoms with Crippen molar-refractivity contribution in [2.45, 2.75) is 6.92 Å². The Morgan fingerprint density at radius 2 is 2.21 bits per heavy atom. The molecule has 0 fully saturated rings. The van der Waals surface area contributed by atoms with Gasteiger partial charge in [0, 0.05) is 11.4 Å². The SMILES string of the molecule is CCOC(=O)c1nc(-c2ccccc2[N+](=O)[O-])cs1. The highest BCUT2D eigenvalue weighted by atomic mass is 32.1. The second kappa shape index (κ2) is 5.57. The van der Waals surface area contributed by atoms with Crippen LogP contribution in [0.2, 0.25) is 0 Å². The lowest BCUT2D eigenvalue weighted by atomic mass is 10.1. The van der Waals surface area contributed by atoms with Gasteiger partial charge in [0.25, 0.3) is 5.69 Å². The molecule has 0 bridgehead atoms. The highest BCUT2D eigenvalue weighted by molar-refractivity contribution is 7.11. The number of hydrogen-bond donors (Lipinski definition) is 0. The predicted octanol–water partition coefficient (Wildman–Crippen LogP) is 2.90. The Kier molecular flexibility index (Phi) is 3.86. The summed E-state index contributed by atoms with van der Waals surface area (Å²) in [5.41, 5.74) is 0.753. The van der Waals surface area contributed by atoms with Crippen molar-refractivity contribution in [3.05, 3.63) is 44.8 Å². The largest absolute Gasteiger partial charge is 0.461 e. The molecule has 6 nitrogen and oxygen atoms in total. The van der Waals surface area contributed by atoms with Gasteiger partial charge < -0.3 is 4.74 Å². The van der Waals surface area contributed by atoms with Crippen LogP contribution in [0, 0.1) is 10.1 Å². The summed E-state index contributed by atoms with van der Waals surface area (Å²) in [4.78, 5) is 26.0. The van der Waals surface area contributed by atoms with Gasteiger partial charge in [-0.25, -0.2) is 9.78 Å². The molecular weight excluding hydrogens is 268 g/mol. The van der Waals surface area contributed by atoms with Crippen molar-refractivity contribution < 1.29 is 14.5 Å². The summed E-state index contributed by atoms with van der Waals surface area (Å²) in [7, 11) is 0. The van der Waals surface area contributed by atoms with E-state index >= 15 is 0 Å². The zero-order chi connectivity index (χ0) is 13.8. The standard InChI is InChI=1S/C12H10N2O4S/c1-2-18-12(15)11-13-9(7-19-11)8-5-3-4-6-10(8)14(16)17/h3-7H,2H2,1H3. The van der Waals surface area contributed by atoms with Crippen molar-refractivity contribution in [3.8, 4) is 11.3 Å². The molecule has 19 heavy (non-hydrogen) atoms. The quantitative estimate of drug-likeness (QED) is 0.488. The summed E-state index contributed by atoms with van der Waals surface area (Å²) in [5.74, 6) is -0.516. The van der Waals surface area contributed by atoms with Crippen molar-refractivity contribution in [2.24, 2.45) is 0 Å². The lowest BCUT2D eigenvalue weighted by molar-refractivity contribution is -0.384. The fourth-order valence-corrected chi connectivity index (χ4v) is 2.24. The van der Waals surface area contributed by atoms with Gasteiger partial charge >= 0.3 is 5.97 Å². The molecule has 1 aromatic carbocycles. The van der Waals surface area contributed by atoms with Gasteiger partial charge in [-0.15, -0.1) is 11.3 Å². The molecule has 98 valence electrons. The second-order valence-corrected chi connectivity index (χ2v) is 4.39. The van der Waals surface area contributed by atoms with Gasteiger partial charge in [0.15, 0.2) is 0 Å². The maximum atomic E-state index is 11.5. The van der Waals surface area contributed by atoms with E-state index in [9.17, 15) is 14.9 Å². The molecule has 1 heterocycles. The molecule has 0 radical (unpaired) electrons. The molecule has 0 aliphatic carbocycles. The number of nitro groups is 1. The van der Waals surface area contributed by atoms with E-state index in [-0.39, 0.29) is 17.3 Å². The molecule has 0 saturated carbocycles. The Hall–Kier alpha value is -2.28. The van der Waals surface area contributed by atoms with E-state index < -0.39 is 10.9 Å². The fraction of sp³-hybridized carbons (Fsp3) is 0.167. The van der Waals surface area contributed by atoms with Crippen molar-refractivity contribution >= 4 is 23.0 Å². The number of ether oxygens (including phenoxy) is 1. The van der Waals surface area contributed by atoms with Gasteiger partial charge in [0.05, 0.1) is 22.8 Å². The number of nitro benzene ring substituents is 1. The van der Waals surface area contributed by atoms with Crippen molar-refractivity contribution in [2.75, 3.05) is 6.61 Å². The van der Waals surface area contributed by atoms with E-state index in [0.29, 0.717) is 11.3 Å². The first-order valence-corrected chi connectivity index (χ1v) is 6.38. The maximum Gasteiger partial charge on any atom is 0.367 e. The zero-order valence-electron chi connectivity index (χ0n) is 10.0. The normalized spacial score (nSPS) is 10.2. The Bertz CT molecular complexity index is 624. The summed E-state index contributed by atoms with van der Waals surface area (Å²) in [6.07, 6.45) is 0. The van der Waals surface area contributed by atoms with E-state index in [1.165, 1.54) is 6.07 Å². The van der Waals surface area contributed by atoms with E-state index in [0.717, 1.165) is 11.3 Å². The number of benzene rings is 1. The molecule has 0 unspecified atom stereocenters. The van der Waals surface area contributed by atoms with E-state index in [1.54, 1.807) is 30.5 Å². The Morgan fingerprint density at radius 1 is 1.47 bits per heavy atom. The number of thiazole rings is 1. The highest BCUT2D eigenvalue weighted by Crippen LogP contribution is 2.30. The fourth-order valence-electron chi connectivity index (χ4n) is 1.53. The zero-order valence-corrected chi connectivity index (χ0v) is 10.8. The third kappa shape index (κ3) is 2.76. The minimum absolute atomic E-state index is 0.0387. The molecule has 0 N–H and O–H groups in total. The van der Waals surface area contributed by atoms with Gasteiger partial charge in [-0.05, 0) is 13.0 Å². The topological polar surface area (TPSA) is 82.3 Å². The Morgan fingerprint density at radius 3 is 2.89 bits per heavy atom. The maximum absolute atomic E-state index is 11.5. The first-order valence-electron chi connectivity index (χ1n) is 5.50. The van der Waals surface area contributed by atoms with E-state index in [4.69, 9.17) is 4.74 Å². The number of hydrogen-bond acceptors (Lipinski definition) is 6. The average Bonchev–Trinajstić information content (AvgIpc) is 2.88. The summed E-state index contributed by atoms with van der Waals surface area (Å²) in [6, 6.07) is 6.27. The number of carbonyl (C=O) groups excluding carboxylic acids is 1. The molecular formula is C12H10N2O4S. The van der Waals surface area contributed by atoms with Crippen molar-refractivity contribution in [3.63, 3.8) is 0 Å². The molecule has 0 saturated heterocycles. The molecule has 7 heteroatoms. The first kappa shape index (κ1) is 13.2. The molecule has 0 aliphatic rings. The third-order valence-electron chi connectivity index (χ3n) is 2.33. The number of esters is 1. The Labute approximate surface area is 112 Å². The van der Waals surface area contributed by atoms with Crippen LogP contribution in [0.4, 0.5) is 5.69 Å². The highest BCUT2D eigenvalue weighted by Gasteiger charge is 2.19. The predicted molar refractivity (Wildman–Crippen MR) is 70.2 cm³/mol. The minimum Gasteiger partial charge on any atom is -0.461 e. The summed E-state index contributed by atoms with van der Waals surface area (Å²) < 4.78 is 4.83. The summed E-state index contributed by atoms with van der Waals surface area (Å²) in [6.45, 7) is 1.97. The molecule has 0 spiro atoms. The number of rotatable bonds is 4. The van der Waals surface area contributed by atoms with Gasteiger partial charge in [-0.3, -0.25) is 10.1 Å². The second-order valence-electron chi connectivity index (χ2n) is 3.53. The monoisotopic (exact) mass is 278 g/mol. The van der Waals surface area contributed by atoms with Crippen molar-refractivity contribution in [1.29, 1.82) is 0 Å². The third-order valence-corrected chi connectivity index (χ3v) is 3.15. The van der Waals surface area contributed by atoms with Crippen LogP contribution in [-0.4, -0.2) is 22.5 Å². The van der Waals surface area contributed by atoms with Gasteiger partial charge in [-0.2, -0.15) is 0 Å². The van der Waals surface area contributed by atoms with Gasteiger partial charge in [0.2, 0.25) is 5.01 Å². The first-order chi connectivity index (χ1) is 9.13. The number of carbonyl (C=O) groups is 1. The number of para-hydroxylation sites is 1. The summed E-state index contributed by atoms with van der Waals surface area (Å²) in [5, 5.41) is 12.7. The molecule has 2 aromatic rings. The smallest absolute Gasteiger partial charge is 0.367 e. The van der Waals surface area contributed by atoms with E-state index in [2.05, 4.69) is 4.98 Å². The molecule has 0 aliphatic heterocycles. The van der Waals surface area contributed by atoms with Gasteiger partial charge in [-0.1, -0.05) is 12.1 Å². The Balaban J connectivity index is 2.38. The van der Waals surface area contributed by atoms with Crippen LogP contribution in [-0.2, 0) is 4.74 Å². The average molecular weight is 278 g/mol. The lowest BCUT2D eigenvalue weighted by Crippen LogP contribution is -2.03. The van der Waals surface area contributed by atoms with Crippen LogP contribution >= 0.6 is 11.3 Å². The van der Waals surface area contributed by atoms with Crippen LogP contribution in [0.1, 0.15) is 16.7 Å². The minimum atomic E-state index is -0.516. The van der Waals surface area contributed by atoms with Crippen LogP contribution in [0.5, 0.6) is 0 Å². The van der Waals surface area contributed by atoms with Crippen LogP contribution in [0.15, 0.2) is 29.6 Å². The number of aromatic nitrogens is 1. The molecule has 1 aromatic heterocycles. The molecule has 0 atom stereocenters. The number of nitrogens with zero attached hydrogens (tertiary/aromatic N) is 2. The van der Waals surface area contributed by atoms with Crippen LogP contribution in [0.3, 0.4) is 0 Å². The lowest BCUT2D eigenvalue weighted by Gasteiger charge is -1.99. The molecule has 0 amide bonds. The van der Waals surface area contributed by atoms with Crippen molar-refractivity contribution in [1.82, 2.24) is 4.98 Å². The summed E-state index contributed by atoms with van der Waals surface area (Å²) >= 11 is 1.10. The molecule has 2 rings (SSSR count).